The lowest BCUT2D eigenvalue weighted by Crippen LogP contribution is -2.48. The quantitative estimate of drug-likeness (QED) is 0.660. The van der Waals surface area contributed by atoms with Crippen LogP contribution in [0.1, 0.15) is 13.8 Å². The lowest BCUT2D eigenvalue weighted by Gasteiger charge is -2.23. The van der Waals surface area contributed by atoms with Gasteiger partial charge < -0.3 is 11.1 Å². The summed E-state index contributed by atoms with van der Waals surface area (Å²) in [5, 5.41) is 2.34. The van der Waals surface area contributed by atoms with E-state index in [1.807, 2.05) is 0 Å². The molecule has 14 heavy (non-hydrogen) atoms. The first kappa shape index (κ1) is 13.6. The Bertz CT molecular complexity index is 161. The predicted octanol–water partition coefficient (Wildman–Crippen LogP) is 1.46. The maximum Gasteiger partial charge on any atom is 0.319 e. The summed E-state index contributed by atoms with van der Waals surface area (Å²) in [4.78, 5) is 0. The second-order valence-electron chi connectivity index (χ2n) is 3.53. The first-order chi connectivity index (χ1) is 6.31. The normalized spacial score (nSPS) is 15.2. The van der Waals surface area contributed by atoms with Gasteiger partial charge in [0.25, 0.3) is 0 Å². The number of rotatable bonds is 6. The summed E-state index contributed by atoms with van der Waals surface area (Å²) in [6.07, 6.45) is -3.64. The maximum absolute atomic E-state index is 12.5. The van der Waals surface area contributed by atoms with Crippen molar-refractivity contribution in [2.75, 3.05) is 13.1 Å². The van der Waals surface area contributed by atoms with Gasteiger partial charge in [-0.3, -0.25) is 0 Å². The van der Waals surface area contributed by atoms with Crippen molar-refractivity contribution in [1.82, 2.24) is 5.32 Å². The smallest absolute Gasteiger partial charge is 0.319 e. The highest BCUT2D eigenvalue weighted by atomic mass is 19.3. The predicted molar refractivity (Wildman–Crippen MR) is 46.6 cm³/mol. The second kappa shape index (κ2) is 5.50. The molecule has 0 aromatic carbocycles. The molecule has 0 fully saturated rings. The van der Waals surface area contributed by atoms with Crippen molar-refractivity contribution >= 4 is 0 Å². The molecule has 0 spiro atoms. The summed E-state index contributed by atoms with van der Waals surface area (Å²) in [5.74, 6) is -3.95. The van der Waals surface area contributed by atoms with Crippen LogP contribution >= 0.6 is 0 Å². The summed E-state index contributed by atoms with van der Waals surface area (Å²) in [7, 11) is 0. The van der Waals surface area contributed by atoms with Gasteiger partial charge in [-0.15, -0.1) is 0 Å². The summed E-state index contributed by atoms with van der Waals surface area (Å²) >= 11 is 0. The second-order valence-corrected chi connectivity index (χ2v) is 3.53. The SMILES string of the molecule is CC(C)C(CN)NCC(F)(F)C(F)F. The van der Waals surface area contributed by atoms with Crippen molar-refractivity contribution in [2.24, 2.45) is 11.7 Å². The van der Waals surface area contributed by atoms with Crippen LogP contribution in [0.3, 0.4) is 0 Å². The van der Waals surface area contributed by atoms with Gasteiger partial charge in [0.2, 0.25) is 0 Å². The summed E-state index contributed by atoms with van der Waals surface area (Å²) in [6.45, 7) is 2.68. The molecule has 0 aromatic rings. The molecule has 0 radical (unpaired) electrons. The van der Waals surface area contributed by atoms with Crippen LogP contribution in [-0.4, -0.2) is 31.5 Å². The third-order valence-electron chi connectivity index (χ3n) is 1.98. The molecule has 0 saturated heterocycles. The summed E-state index contributed by atoms with van der Waals surface area (Å²) < 4.78 is 48.4. The van der Waals surface area contributed by atoms with Gasteiger partial charge in [0.15, 0.2) is 0 Å². The van der Waals surface area contributed by atoms with Crippen molar-refractivity contribution in [3.05, 3.63) is 0 Å². The Labute approximate surface area is 80.8 Å². The minimum absolute atomic E-state index is 0.0356. The first-order valence-electron chi connectivity index (χ1n) is 4.40. The van der Waals surface area contributed by atoms with Gasteiger partial charge in [-0.1, -0.05) is 13.8 Å². The molecular formula is C8H16F4N2. The highest BCUT2D eigenvalue weighted by Crippen LogP contribution is 2.21. The molecule has 1 unspecified atom stereocenters. The van der Waals surface area contributed by atoms with Crippen molar-refractivity contribution in [1.29, 1.82) is 0 Å². The van der Waals surface area contributed by atoms with E-state index in [1.54, 1.807) is 13.8 Å². The van der Waals surface area contributed by atoms with E-state index < -0.39 is 18.9 Å². The van der Waals surface area contributed by atoms with E-state index in [1.165, 1.54) is 0 Å². The van der Waals surface area contributed by atoms with E-state index in [2.05, 4.69) is 5.32 Å². The molecular weight excluding hydrogens is 200 g/mol. The zero-order valence-electron chi connectivity index (χ0n) is 8.24. The fraction of sp³-hybridized carbons (Fsp3) is 1.00. The molecule has 0 heterocycles. The molecule has 0 aliphatic carbocycles. The number of nitrogens with one attached hydrogen (secondary N) is 1. The third-order valence-corrected chi connectivity index (χ3v) is 1.98. The van der Waals surface area contributed by atoms with Crippen LogP contribution in [-0.2, 0) is 0 Å². The van der Waals surface area contributed by atoms with Gasteiger partial charge in [0.1, 0.15) is 0 Å². The monoisotopic (exact) mass is 216 g/mol. The lowest BCUT2D eigenvalue weighted by atomic mass is 10.0. The number of hydrogen-bond donors (Lipinski definition) is 2. The lowest BCUT2D eigenvalue weighted by molar-refractivity contribution is -0.126. The Morgan fingerprint density at radius 1 is 1.29 bits per heavy atom. The van der Waals surface area contributed by atoms with Gasteiger partial charge in [-0.2, -0.15) is 8.78 Å². The maximum atomic E-state index is 12.5. The highest BCUT2D eigenvalue weighted by Gasteiger charge is 2.40. The molecule has 2 nitrogen and oxygen atoms in total. The van der Waals surface area contributed by atoms with Crippen molar-refractivity contribution in [2.45, 2.75) is 32.2 Å². The Hall–Kier alpha value is -0.360. The minimum Gasteiger partial charge on any atom is -0.329 e. The standard InChI is InChI=1S/C8H16F4N2/c1-5(2)6(3-13)14-4-8(11,12)7(9)10/h5-7,14H,3-4,13H2,1-2H3. The Morgan fingerprint density at radius 2 is 1.79 bits per heavy atom. The number of alkyl halides is 4. The van der Waals surface area contributed by atoms with Crippen LogP contribution in [0.15, 0.2) is 0 Å². The molecule has 0 aromatic heterocycles. The molecule has 0 aliphatic rings. The Kier molecular flexibility index (Phi) is 5.36. The van der Waals surface area contributed by atoms with Crippen LogP contribution in [0.25, 0.3) is 0 Å². The van der Waals surface area contributed by atoms with Gasteiger partial charge in [-0.25, -0.2) is 8.78 Å². The molecule has 1 atom stereocenters. The van der Waals surface area contributed by atoms with E-state index in [9.17, 15) is 17.6 Å². The van der Waals surface area contributed by atoms with Gasteiger partial charge in [-0.05, 0) is 5.92 Å². The van der Waals surface area contributed by atoms with Crippen LogP contribution in [0.4, 0.5) is 17.6 Å². The fourth-order valence-electron chi connectivity index (χ4n) is 0.936. The van der Waals surface area contributed by atoms with Gasteiger partial charge in [0.05, 0.1) is 6.54 Å². The average Bonchev–Trinajstić information content (AvgIpc) is 2.04. The van der Waals surface area contributed by atoms with E-state index in [-0.39, 0.29) is 18.5 Å². The molecule has 86 valence electrons. The van der Waals surface area contributed by atoms with Gasteiger partial charge in [0, 0.05) is 12.6 Å². The molecule has 0 amide bonds. The van der Waals surface area contributed by atoms with E-state index >= 15 is 0 Å². The van der Waals surface area contributed by atoms with Crippen LogP contribution in [0.2, 0.25) is 0 Å². The van der Waals surface area contributed by atoms with Crippen LogP contribution in [0.5, 0.6) is 0 Å². The number of nitrogens with two attached hydrogens (primary N) is 1. The first-order valence-corrected chi connectivity index (χ1v) is 4.40. The fourth-order valence-corrected chi connectivity index (χ4v) is 0.936. The molecule has 0 rings (SSSR count). The van der Waals surface area contributed by atoms with E-state index in [4.69, 9.17) is 5.73 Å². The van der Waals surface area contributed by atoms with Crippen LogP contribution in [0, 0.1) is 5.92 Å². The van der Waals surface area contributed by atoms with E-state index in [0.717, 1.165) is 0 Å². The Balaban J connectivity index is 4.02. The third kappa shape index (κ3) is 4.23. The van der Waals surface area contributed by atoms with Crippen molar-refractivity contribution < 1.29 is 17.6 Å². The largest absolute Gasteiger partial charge is 0.329 e. The van der Waals surface area contributed by atoms with Crippen LogP contribution < -0.4 is 11.1 Å². The zero-order valence-corrected chi connectivity index (χ0v) is 8.24. The highest BCUT2D eigenvalue weighted by molar-refractivity contribution is 4.78. The topological polar surface area (TPSA) is 38.0 Å². The molecule has 0 saturated carbocycles. The van der Waals surface area contributed by atoms with Crippen molar-refractivity contribution in [3.8, 4) is 0 Å². The molecule has 6 heteroatoms. The molecule has 0 aliphatic heterocycles. The van der Waals surface area contributed by atoms with Gasteiger partial charge >= 0.3 is 12.3 Å². The summed E-state index contributed by atoms with van der Waals surface area (Å²) in [6, 6.07) is -0.361. The minimum atomic E-state index is -3.98. The van der Waals surface area contributed by atoms with E-state index in [0.29, 0.717) is 0 Å². The summed E-state index contributed by atoms with van der Waals surface area (Å²) in [5.41, 5.74) is 5.28. The number of hydrogen-bond acceptors (Lipinski definition) is 2. The molecule has 0 bridgehead atoms. The average molecular weight is 216 g/mol. The van der Waals surface area contributed by atoms with Crippen molar-refractivity contribution in [3.63, 3.8) is 0 Å². The molecule has 3 N–H and O–H groups in total. The number of halogens is 4. The zero-order chi connectivity index (χ0) is 11.4. The Morgan fingerprint density at radius 3 is 2.07 bits per heavy atom.